The summed E-state index contributed by atoms with van der Waals surface area (Å²) < 4.78 is 12.3. The average molecular weight is 487 g/mol. The van der Waals surface area contributed by atoms with Gasteiger partial charge in [0, 0.05) is 44.3 Å². The lowest BCUT2D eigenvalue weighted by molar-refractivity contribution is -0.134. The minimum absolute atomic E-state index is 0.0832. The molecule has 2 aliphatic rings. The summed E-state index contributed by atoms with van der Waals surface area (Å²) in [6.07, 6.45) is 4.24. The molecule has 2 aromatic carbocycles. The summed E-state index contributed by atoms with van der Waals surface area (Å²) in [4.78, 5) is 32.0. The third-order valence-electron chi connectivity index (χ3n) is 7.70. The summed E-state index contributed by atoms with van der Waals surface area (Å²) in [7, 11) is 0. The molecule has 1 aromatic heterocycles. The number of aryl methyl sites for hydroxylation is 3. The molecule has 188 valence electrons. The number of ketones is 1. The van der Waals surface area contributed by atoms with E-state index in [0.717, 1.165) is 22.5 Å². The van der Waals surface area contributed by atoms with Crippen molar-refractivity contribution in [1.82, 2.24) is 9.88 Å². The summed E-state index contributed by atoms with van der Waals surface area (Å²) in [5.74, 6) is 2.68. The number of nitrogens with zero attached hydrogens (tertiary/aromatic N) is 2. The van der Waals surface area contributed by atoms with Crippen LogP contribution in [-0.4, -0.2) is 40.3 Å². The number of aromatic nitrogens is 1. The molecule has 0 aliphatic carbocycles. The number of hydrogen-bond donors (Lipinski definition) is 0. The minimum atomic E-state index is -0.509. The first-order chi connectivity index (χ1) is 17.2. The lowest BCUT2D eigenvalue weighted by atomic mass is 9.82. The van der Waals surface area contributed by atoms with Gasteiger partial charge in [-0.05, 0) is 48.6 Å². The number of oxazole rings is 1. The Morgan fingerprint density at radius 2 is 1.78 bits per heavy atom. The standard InChI is InChI=1S/C30H34N2O4/c1-19(2)22-5-7-23(8-6-22)27-18-31-28(35-27)9-10-29(34)32-13-11-30(12-14-32)17-25(33)24-15-20(3)21(4)16-26(24)36-30/h5-8,15-16,18-19H,9-14,17H2,1-4H3. The second-order valence-corrected chi connectivity index (χ2v) is 10.6. The highest BCUT2D eigenvalue weighted by Gasteiger charge is 2.43. The van der Waals surface area contributed by atoms with Gasteiger partial charge in [-0.3, -0.25) is 9.59 Å². The Kier molecular flexibility index (Phi) is 6.45. The van der Waals surface area contributed by atoms with Crippen LogP contribution in [0, 0.1) is 13.8 Å². The van der Waals surface area contributed by atoms with E-state index >= 15 is 0 Å². The second-order valence-electron chi connectivity index (χ2n) is 10.6. The van der Waals surface area contributed by atoms with E-state index in [2.05, 4.69) is 31.0 Å². The highest BCUT2D eigenvalue weighted by Crippen LogP contribution is 2.40. The van der Waals surface area contributed by atoms with Crippen LogP contribution in [0.4, 0.5) is 0 Å². The minimum Gasteiger partial charge on any atom is -0.486 e. The number of ether oxygens (including phenoxy) is 1. The Balaban J connectivity index is 1.16. The van der Waals surface area contributed by atoms with Gasteiger partial charge >= 0.3 is 0 Å². The van der Waals surface area contributed by atoms with Gasteiger partial charge in [-0.2, -0.15) is 0 Å². The molecule has 0 saturated carbocycles. The number of Topliss-reactive ketones (excluding diaryl/α,β-unsaturated/α-hetero) is 1. The molecule has 0 radical (unpaired) electrons. The van der Waals surface area contributed by atoms with Gasteiger partial charge in [-0.25, -0.2) is 4.98 Å². The molecule has 0 atom stereocenters. The number of likely N-dealkylation sites (tertiary alicyclic amines) is 1. The lowest BCUT2D eigenvalue weighted by Crippen LogP contribution is -2.52. The maximum absolute atomic E-state index is 12.9. The first-order valence-electron chi connectivity index (χ1n) is 12.9. The molecule has 3 heterocycles. The molecule has 36 heavy (non-hydrogen) atoms. The largest absolute Gasteiger partial charge is 0.486 e. The Labute approximate surface area is 212 Å². The maximum atomic E-state index is 12.9. The molecular formula is C30H34N2O4. The average Bonchev–Trinajstić information content (AvgIpc) is 3.33. The topological polar surface area (TPSA) is 72.6 Å². The number of benzene rings is 2. The van der Waals surface area contributed by atoms with E-state index in [9.17, 15) is 9.59 Å². The first-order valence-corrected chi connectivity index (χ1v) is 12.9. The monoisotopic (exact) mass is 486 g/mol. The summed E-state index contributed by atoms with van der Waals surface area (Å²) in [6.45, 7) is 9.56. The summed E-state index contributed by atoms with van der Waals surface area (Å²) in [6, 6.07) is 12.2. The smallest absolute Gasteiger partial charge is 0.223 e. The van der Waals surface area contributed by atoms with Gasteiger partial charge in [0.25, 0.3) is 0 Å². The van der Waals surface area contributed by atoms with E-state index < -0.39 is 5.60 Å². The predicted molar refractivity (Wildman–Crippen MR) is 138 cm³/mol. The van der Waals surface area contributed by atoms with Gasteiger partial charge in [0.15, 0.2) is 17.4 Å². The van der Waals surface area contributed by atoms with Crippen LogP contribution >= 0.6 is 0 Å². The van der Waals surface area contributed by atoms with Crippen LogP contribution in [0.2, 0.25) is 0 Å². The maximum Gasteiger partial charge on any atom is 0.223 e. The molecular weight excluding hydrogens is 452 g/mol. The molecule has 0 unspecified atom stereocenters. The Morgan fingerprint density at radius 1 is 1.08 bits per heavy atom. The van der Waals surface area contributed by atoms with E-state index in [1.807, 2.05) is 43.0 Å². The second kappa shape index (κ2) is 9.57. The molecule has 5 rings (SSSR count). The van der Waals surface area contributed by atoms with Gasteiger partial charge in [0.05, 0.1) is 18.2 Å². The van der Waals surface area contributed by atoms with E-state index in [0.29, 0.717) is 68.3 Å². The van der Waals surface area contributed by atoms with Crippen molar-refractivity contribution < 1.29 is 18.7 Å². The van der Waals surface area contributed by atoms with Crippen molar-refractivity contribution in [3.63, 3.8) is 0 Å². The fourth-order valence-electron chi connectivity index (χ4n) is 5.16. The molecule has 0 bridgehead atoms. The number of carbonyl (C=O) groups excluding carboxylic acids is 2. The van der Waals surface area contributed by atoms with Crippen molar-refractivity contribution in [3.8, 4) is 17.1 Å². The van der Waals surface area contributed by atoms with Crippen LogP contribution in [0.25, 0.3) is 11.3 Å². The Hall–Kier alpha value is -3.41. The summed E-state index contributed by atoms with van der Waals surface area (Å²) in [5.41, 5.74) is 4.66. The van der Waals surface area contributed by atoms with Crippen LogP contribution in [0.3, 0.4) is 0 Å². The zero-order chi connectivity index (χ0) is 25.4. The van der Waals surface area contributed by atoms with Crippen LogP contribution in [-0.2, 0) is 11.2 Å². The van der Waals surface area contributed by atoms with Gasteiger partial charge in [-0.15, -0.1) is 0 Å². The van der Waals surface area contributed by atoms with Crippen LogP contribution in [0.5, 0.6) is 5.75 Å². The third-order valence-corrected chi connectivity index (χ3v) is 7.70. The lowest BCUT2D eigenvalue weighted by Gasteiger charge is -2.44. The van der Waals surface area contributed by atoms with Crippen molar-refractivity contribution in [1.29, 1.82) is 0 Å². The molecule has 1 amide bonds. The normalized spacial score (nSPS) is 16.8. The van der Waals surface area contributed by atoms with Gasteiger partial charge in [0.2, 0.25) is 5.91 Å². The number of amides is 1. The van der Waals surface area contributed by atoms with Gasteiger partial charge in [-0.1, -0.05) is 38.1 Å². The number of hydrogen-bond acceptors (Lipinski definition) is 5. The van der Waals surface area contributed by atoms with Crippen molar-refractivity contribution in [2.45, 2.75) is 71.3 Å². The zero-order valence-corrected chi connectivity index (χ0v) is 21.6. The molecule has 0 N–H and O–H groups in total. The fraction of sp³-hybridized carbons (Fsp3) is 0.433. The quantitative estimate of drug-likeness (QED) is 0.440. The van der Waals surface area contributed by atoms with E-state index in [1.54, 1.807) is 6.20 Å². The first kappa shape index (κ1) is 24.3. The molecule has 1 saturated heterocycles. The molecule has 2 aliphatic heterocycles. The molecule has 1 fully saturated rings. The van der Waals surface area contributed by atoms with Crippen LogP contribution in [0.1, 0.15) is 78.4 Å². The van der Waals surface area contributed by atoms with E-state index in [1.165, 1.54) is 5.56 Å². The number of piperidine rings is 1. The van der Waals surface area contributed by atoms with Crippen molar-refractivity contribution >= 4 is 11.7 Å². The fourth-order valence-corrected chi connectivity index (χ4v) is 5.16. The van der Waals surface area contributed by atoms with E-state index in [4.69, 9.17) is 9.15 Å². The van der Waals surface area contributed by atoms with Crippen LogP contribution in [0.15, 0.2) is 47.0 Å². The molecule has 6 nitrogen and oxygen atoms in total. The van der Waals surface area contributed by atoms with Gasteiger partial charge in [0.1, 0.15) is 11.4 Å². The Morgan fingerprint density at radius 3 is 2.47 bits per heavy atom. The van der Waals surface area contributed by atoms with Gasteiger partial charge < -0.3 is 14.1 Å². The van der Waals surface area contributed by atoms with Crippen LogP contribution < -0.4 is 4.74 Å². The van der Waals surface area contributed by atoms with Crippen molar-refractivity contribution in [3.05, 3.63) is 70.7 Å². The third kappa shape index (κ3) is 4.81. The Bertz CT molecular complexity index is 1280. The van der Waals surface area contributed by atoms with E-state index in [-0.39, 0.29) is 11.7 Å². The predicted octanol–water partition coefficient (Wildman–Crippen LogP) is 6.04. The summed E-state index contributed by atoms with van der Waals surface area (Å²) in [5, 5.41) is 0. The number of rotatable bonds is 5. The number of carbonyl (C=O) groups is 2. The molecule has 6 heteroatoms. The van der Waals surface area contributed by atoms with Crippen molar-refractivity contribution in [2.75, 3.05) is 13.1 Å². The summed E-state index contributed by atoms with van der Waals surface area (Å²) >= 11 is 0. The molecule has 3 aromatic rings. The SMILES string of the molecule is Cc1cc2c(cc1C)C(=O)CC1(CCN(C(=O)CCc3ncc(-c4ccc(C(C)C)cc4)o3)CC1)O2. The highest BCUT2D eigenvalue weighted by atomic mass is 16.5. The van der Waals surface area contributed by atoms with Crippen molar-refractivity contribution in [2.24, 2.45) is 0 Å². The highest BCUT2D eigenvalue weighted by molar-refractivity contribution is 6.00. The zero-order valence-electron chi connectivity index (χ0n) is 21.6. The molecule has 1 spiro atoms. The number of fused-ring (bicyclic) bond motifs is 1.